The summed E-state index contributed by atoms with van der Waals surface area (Å²) in [5.41, 5.74) is 4.52. The molecule has 2 aromatic carbocycles. The summed E-state index contributed by atoms with van der Waals surface area (Å²) in [6.07, 6.45) is -0.188. The molecule has 0 fully saturated rings. The van der Waals surface area contributed by atoms with Crippen LogP contribution in [0, 0.1) is 20.8 Å². The van der Waals surface area contributed by atoms with E-state index in [2.05, 4.69) is 13.0 Å². The molecule has 0 atom stereocenters. The lowest BCUT2D eigenvalue weighted by Crippen LogP contribution is -2.15. The Bertz CT molecular complexity index is 751. The molecule has 0 aromatic heterocycles. The van der Waals surface area contributed by atoms with E-state index in [1.807, 2.05) is 33.8 Å². The number of halogens is 1. The van der Waals surface area contributed by atoms with Crippen LogP contribution in [0.25, 0.3) is 0 Å². The summed E-state index contributed by atoms with van der Waals surface area (Å²) in [5.74, 6) is 0.407. The van der Waals surface area contributed by atoms with Crippen molar-refractivity contribution in [2.75, 3.05) is 0 Å². The zero-order valence-electron chi connectivity index (χ0n) is 14.8. The van der Waals surface area contributed by atoms with Crippen molar-refractivity contribution in [2.24, 2.45) is 0 Å². The third-order valence-electron chi connectivity index (χ3n) is 3.84. The average Bonchev–Trinajstić information content (AvgIpc) is 2.49. The Labute approximate surface area is 148 Å². The van der Waals surface area contributed by atoms with Crippen LogP contribution in [0.15, 0.2) is 30.3 Å². The smallest absolute Gasteiger partial charge is 0.338 e. The van der Waals surface area contributed by atoms with E-state index in [-0.39, 0.29) is 18.7 Å². The molecule has 0 amide bonds. The highest BCUT2D eigenvalue weighted by Gasteiger charge is 2.17. The van der Waals surface area contributed by atoms with Crippen molar-refractivity contribution >= 4 is 17.6 Å². The first-order chi connectivity index (χ1) is 11.3. The molecule has 0 unspecified atom stereocenters. The molecule has 0 radical (unpaired) electrons. The van der Waals surface area contributed by atoms with Crippen molar-refractivity contribution in [1.82, 2.24) is 0 Å². The molecule has 0 aliphatic rings. The van der Waals surface area contributed by atoms with Gasteiger partial charge in [-0.1, -0.05) is 23.7 Å². The number of aryl methyl sites for hydroxylation is 3. The van der Waals surface area contributed by atoms with Gasteiger partial charge in [-0.2, -0.15) is 0 Å². The maximum absolute atomic E-state index is 12.3. The van der Waals surface area contributed by atoms with Crippen LogP contribution in [0.1, 0.15) is 46.5 Å². The van der Waals surface area contributed by atoms with Gasteiger partial charge in [-0.15, -0.1) is 0 Å². The van der Waals surface area contributed by atoms with Gasteiger partial charge in [0.05, 0.1) is 11.7 Å². The highest BCUT2D eigenvalue weighted by molar-refractivity contribution is 6.31. The van der Waals surface area contributed by atoms with E-state index in [0.29, 0.717) is 16.1 Å². The Hall–Kier alpha value is -2.00. The molecular formula is C20H23ClO3. The fraction of sp³-hybridized carbons (Fsp3) is 0.350. The van der Waals surface area contributed by atoms with E-state index in [9.17, 15) is 4.79 Å². The van der Waals surface area contributed by atoms with Gasteiger partial charge in [0.15, 0.2) is 0 Å². The number of hydrogen-bond donors (Lipinski definition) is 0. The number of ether oxygens (including phenoxy) is 2. The third kappa shape index (κ3) is 4.30. The minimum Gasteiger partial charge on any atom is -0.489 e. The van der Waals surface area contributed by atoms with Crippen LogP contribution in [-0.4, -0.2) is 12.1 Å². The maximum atomic E-state index is 12.3. The fourth-order valence-electron chi connectivity index (χ4n) is 2.41. The molecule has 0 aliphatic heterocycles. The van der Waals surface area contributed by atoms with Crippen LogP contribution in [-0.2, 0) is 11.3 Å². The van der Waals surface area contributed by atoms with Gasteiger partial charge < -0.3 is 9.47 Å². The topological polar surface area (TPSA) is 35.5 Å². The third-order valence-corrected chi connectivity index (χ3v) is 4.20. The summed E-state index contributed by atoms with van der Waals surface area (Å²) >= 11 is 6.28. The highest BCUT2D eigenvalue weighted by Crippen LogP contribution is 2.27. The molecule has 0 spiro atoms. The highest BCUT2D eigenvalue weighted by atomic mass is 35.5. The zero-order chi connectivity index (χ0) is 17.9. The first kappa shape index (κ1) is 18.3. The minimum atomic E-state index is -0.386. The largest absolute Gasteiger partial charge is 0.489 e. The quantitative estimate of drug-likeness (QED) is 0.679. The summed E-state index contributed by atoms with van der Waals surface area (Å²) in [6, 6.07) is 9.30. The molecule has 2 rings (SSSR count). The summed E-state index contributed by atoms with van der Waals surface area (Å²) in [4.78, 5) is 12.3. The van der Waals surface area contributed by atoms with E-state index in [0.717, 1.165) is 16.9 Å². The van der Waals surface area contributed by atoms with Crippen molar-refractivity contribution in [3.05, 3.63) is 63.2 Å². The van der Waals surface area contributed by atoms with E-state index in [1.165, 1.54) is 5.56 Å². The molecule has 4 heteroatoms. The Kier molecular flexibility index (Phi) is 5.89. The lowest BCUT2D eigenvalue weighted by Gasteiger charge is -2.15. The average molecular weight is 347 g/mol. The molecule has 0 N–H and O–H groups in total. The predicted molar refractivity (Wildman–Crippen MR) is 97.0 cm³/mol. The van der Waals surface area contributed by atoms with Crippen molar-refractivity contribution in [1.29, 1.82) is 0 Å². The lowest BCUT2D eigenvalue weighted by atomic mass is 10.1. The molecule has 128 valence electrons. The zero-order valence-corrected chi connectivity index (χ0v) is 15.5. The molecule has 3 nitrogen and oxygen atoms in total. The molecule has 24 heavy (non-hydrogen) atoms. The van der Waals surface area contributed by atoms with Gasteiger partial charge in [-0.25, -0.2) is 4.79 Å². The van der Waals surface area contributed by atoms with Crippen LogP contribution in [0.5, 0.6) is 5.75 Å². The van der Waals surface area contributed by atoms with Gasteiger partial charge in [0.2, 0.25) is 0 Å². The number of rotatable bonds is 5. The molecule has 0 bridgehead atoms. The number of carbonyl (C=O) groups is 1. The van der Waals surface area contributed by atoms with Gasteiger partial charge in [0.1, 0.15) is 12.4 Å². The second kappa shape index (κ2) is 7.71. The van der Waals surface area contributed by atoms with Crippen LogP contribution < -0.4 is 4.74 Å². The Balaban J connectivity index is 2.27. The van der Waals surface area contributed by atoms with E-state index < -0.39 is 0 Å². The Morgan fingerprint density at radius 3 is 2.42 bits per heavy atom. The minimum absolute atomic E-state index is 0.188. The second-order valence-corrected chi connectivity index (χ2v) is 6.62. The van der Waals surface area contributed by atoms with E-state index in [1.54, 1.807) is 18.2 Å². The molecule has 0 saturated heterocycles. The maximum Gasteiger partial charge on any atom is 0.338 e. The Morgan fingerprint density at radius 1 is 1.08 bits per heavy atom. The van der Waals surface area contributed by atoms with Crippen molar-refractivity contribution < 1.29 is 14.3 Å². The summed E-state index contributed by atoms with van der Waals surface area (Å²) in [6.45, 7) is 9.96. The standard InChI is InChI=1S/C20H23ClO3/c1-12(2)24-20(22)16-7-6-8-18(21)17(16)11-23-19-10-14(4)13(3)9-15(19)5/h6-10,12H,11H2,1-5H3. The fourth-order valence-corrected chi connectivity index (χ4v) is 2.64. The van der Waals surface area contributed by atoms with Gasteiger partial charge in [-0.05, 0) is 69.5 Å². The van der Waals surface area contributed by atoms with E-state index >= 15 is 0 Å². The lowest BCUT2D eigenvalue weighted by molar-refractivity contribution is 0.0375. The van der Waals surface area contributed by atoms with Gasteiger partial charge in [-0.3, -0.25) is 0 Å². The van der Waals surface area contributed by atoms with Crippen LogP contribution in [0.4, 0.5) is 0 Å². The van der Waals surface area contributed by atoms with Gasteiger partial charge >= 0.3 is 5.97 Å². The van der Waals surface area contributed by atoms with Crippen LogP contribution in [0.2, 0.25) is 5.02 Å². The summed E-state index contributed by atoms with van der Waals surface area (Å²) < 4.78 is 11.2. The van der Waals surface area contributed by atoms with Crippen LogP contribution >= 0.6 is 11.6 Å². The summed E-state index contributed by atoms with van der Waals surface area (Å²) in [7, 11) is 0. The first-order valence-corrected chi connectivity index (χ1v) is 8.36. The van der Waals surface area contributed by atoms with Gasteiger partial charge in [0, 0.05) is 10.6 Å². The first-order valence-electron chi connectivity index (χ1n) is 7.98. The molecule has 0 saturated carbocycles. The SMILES string of the molecule is Cc1cc(C)c(OCc2c(Cl)cccc2C(=O)OC(C)C)cc1C. The molecule has 0 heterocycles. The van der Waals surface area contributed by atoms with Crippen LogP contribution in [0.3, 0.4) is 0 Å². The van der Waals surface area contributed by atoms with Crippen molar-refractivity contribution in [2.45, 2.75) is 47.3 Å². The number of esters is 1. The van der Waals surface area contributed by atoms with Crippen molar-refractivity contribution in [3.63, 3.8) is 0 Å². The normalized spacial score (nSPS) is 10.8. The molecule has 2 aromatic rings. The number of hydrogen-bond acceptors (Lipinski definition) is 3. The summed E-state index contributed by atoms with van der Waals surface area (Å²) in [5, 5.41) is 0.495. The molecule has 0 aliphatic carbocycles. The number of carbonyl (C=O) groups excluding carboxylic acids is 1. The molecular weight excluding hydrogens is 324 g/mol. The van der Waals surface area contributed by atoms with Crippen molar-refractivity contribution in [3.8, 4) is 5.75 Å². The second-order valence-electron chi connectivity index (χ2n) is 6.21. The van der Waals surface area contributed by atoms with E-state index in [4.69, 9.17) is 21.1 Å². The van der Waals surface area contributed by atoms with Gasteiger partial charge in [0.25, 0.3) is 0 Å². The Morgan fingerprint density at radius 2 is 1.75 bits per heavy atom. The predicted octanol–water partition coefficient (Wildman–Crippen LogP) is 5.41. The number of benzene rings is 2. The monoisotopic (exact) mass is 346 g/mol.